The van der Waals surface area contributed by atoms with Gasteiger partial charge in [0.1, 0.15) is 0 Å². The van der Waals surface area contributed by atoms with E-state index in [0.29, 0.717) is 5.69 Å². The van der Waals surface area contributed by atoms with E-state index < -0.39 is 0 Å². The Labute approximate surface area is 109 Å². The summed E-state index contributed by atoms with van der Waals surface area (Å²) in [6, 6.07) is 8.85. The van der Waals surface area contributed by atoms with Crippen molar-refractivity contribution in [1.82, 2.24) is 0 Å². The molecule has 82 valence electrons. The maximum absolute atomic E-state index is 11.7. The molecule has 0 bridgehead atoms. The molecular weight excluding hydrogens is 338 g/mol. The predicted molar refractivity (Wildman–Crippen MR) is 68.5 cm³/mol. The zero-order valence-electron chi connectivity index (χ0n) is 8.04. The zero-order chi connectivity index (χ0) is 11.5. The molecule has 3 nitrogen and oxygen atoms in total. The minimum absolute atomic E-state index is 0.280. The average molecular weight is 345 g/mol. The number of para-hydroxylation sites is 1. The molecule has 2 rings (SSSR count). The second-order valence-electron chi connectivity index (χ2n) is 3.03. The molecule has 0 atom stereocenters. The number of carbonyl (C=O) groups excluding carboxylic acids is 1. The van der Waals surface area contributed by atoms with E-state index in [-0.39, 0.29) is 11.7 Å². The van der Waals surface area contributed by atoms with Crippen molar-refractivity contribution >= 4 is 43.5 Å². The summed E-state index contributed by atoms with van der Waals surface area (Å²) in [5.74, 6) is 0.000234. The van der Waals surface area contributed by atoms with Crippen LogP contribution in [0.4, 0.5) is 5.69 Å². The summed E-state index contributed by atoms with van der Waals surface area (Å²) < 4.78 is 6.62. The van der Waals surface area contributed by atoms with Gasteiger partial charge in [-0.15, -0.1) is 0 Å². The fourth-order valence-electron chi connectivity index (χ4n) is 1.20. The van der Waals surface area contributed by atoms with Gasteiger partial charge in [0.2, 0.25) is 0 Å². The summed E-state index contributed by atoms with van der Waals surface area (Å²) in [4.78, 5) is 11.7. The molecule has 1 aromatic heterocycles. The highest BCUT2D eigenvalue weighted by Gasteiger charge is 2.12. The Bertz CT molecular complexity index is 488. The quantitative estimate of drug-likeness (QED) is 0.892. The van der Waals surface area contributed by atoms with Gasteiger partial charge in [0.05, 0.1) is 12.0 Å². The molecular formula is C11H7Br2NO2. The highest BCUT2D eigenvalue weighted by atomic mass is 79.9. The molecule has 0 aliphatic heterocycles. The number of nitrogens with one attached hydrogen (secondary N) is 1. The van der Waals surface area contributed by atoms with Gasteiger partial charge in [0.25, 0.3) is 5.91 Å². The molecule has 0 saturated heterocycles. The number of anilines is 1. The summed E-state index contributed by atoms with van der Waals surface area (Å²) >= 11 is 6.73. The number of amides is 1. The van der Waals surface area contributed by atoms with Crippen molar-refractivity contribution in [2.24, 2.45) is 0 Å². The fraction of sp³-hybridized carbons (Fsp3) is 0. The van der Waals surface area contributed by atoms with Crippen molar-refractivity contribution in [3.63, 3.8) is 0 Å². The molecule has 0 fully saturated rings. The van der Waals surface area contributed by atoms with Crippen molar-refractivity contribution in [2.45, 2.75) is 0 Å². The summed E-state index contributed by atoms with van der Waals surface area (Å²) in [5.41, 5.74) is 0.684. The summed E-state index contributed by atoms with van der Waals surface area (Å²) in [6.45, 7) is 0. The van der Waals surface area contributed by atoms with Gasteiger partial charge in [-0.3, -0.25) is 4.79 Å². The zero-order valence-corrected chi connectivity index (χ0v) is 11.2. The normalized spacial score (nSPS) is 10.1. The average Bonchev–Trinajstić information content (AvgIpc) is 2.76. The van der Waals surface area contributed by atoms with Crippen LogP contribution in [-0.2, 0) is 0 Å². The Morgan fingerprint density at radius 1 is 1.12 bits per heavy atom. The van der Waals surface area contributed by atoms with Crippen molar-refractivity contribution in [3.8, 4) is 0 Å². The lowest BCUT2D eigenvalue weighted by Crippen LogP contribution is -2.11. The van der Waals surface area contributed by atoms with Gasteiger partial charge in [-0.05, 0) is 56.1 Å². The third-order valence-corrected chi connectivity index (χ3v) is 3.27. The molecule has 0 spiro atoms. The number of hydrogen-bond acceptors (Lipinski definition) is 2. The van der Waals surface area contributed by atoms with Crippen LogP contribution < -0.4 is 5.32 Å². The van der Waals surface area contributed by atoms with Gasteiger partial charge >= 0.3 is 0 Å². The van der Waals surface area contributed by atoms with Crippen LogP contribution in [0.2, 0.25) is 0 Å². The minimum atomic E-state index is -0.280. The first-order valence-electron chi connectivity index (χ1n) is 4.47. The number of rotatable bonds is 2. The molecule has 16 heavy (non-hydrogen) atoms. The monoisotopic (exact) mass is 343 g/mol. The highest BCUT2D eigenvalue weighted by Crippen LogP contribution is 2.30. The van der Waals surface area contributed by atoms with E-state index in [1.54, 1.807) is 12.1 Å². The SMILES string of the molecule is O=C(Nc1c(Br)cccc1Br)c1ccco1. The Kier molecular flexibility index (Phi) is 3.46. The number of carbonyl (C=O) groups is 1. The number of hydrogen-bond donors (Lipinski definition) is 1. The lowest BCUT2D eigenvalue weighted by Gasteiger charge is -2.07. The topological polar surface area (TPSA) is 42.2 Å². The smallest absolute Gasteiger partial charge is 0.291 e. The van der Waals surface area contributed by atoms with Crippen LogP contribution in [0.5, 0.6) is 0 Å². The van der Waals surface area contributed by atoms with E-state index in [0.717, 1.165) is 8.95 Å². The number of halogens is 2. The third-order valence-electron chi connectivity index (χ3n) is 1.95. The molecule has 0 aliphatic carbocycles. The first-order valence-corrected chi connectivity index (χ1v) is 6.06. The molecule has 0 saturated carbocycles. The van der Waals surface area contributed by atoms with E-state index in [1.165, 1.54) is 6.26 Å². The minimum Gasteiger partial charge on any atom is -0.459 e. The Morgan fingerprint density at radius 2 is 1.81 bits per heavy atom. The largest absolute Gasteiger partial charge is 0.459 e. The predicted octanol–water partition coefficient (Wildman–Crippen LogP) is 4.06. The molecule has 0 radical (unpaired) electrons. The summed E-state index contributed by atoms with van der Waals surface area (Å²) in [5, 5.41) is 2.75. The van der Waals surface area contributed by atoms with Gasteiger partial charge in [-0.25, -0.2) is 0 Å². The number of benzene rings is 1. The molecule has 1 N–H and O–H groups in total. The van der Waals surface area contributed by atoms with Crippen molar-refractivity contribution in [1.29, 1.82) is 0 Å². The molecule has 0 aliphatic rings. The van der Waals surface area contributed by atoms with E-state index in [4.69, 9.17) is 4.42 Å². The fourth-order valence-corrected chi connectivity index (χ4v) is 2.40. The van der Waals surface area contributed by atoms with Crippen LogP contribution in [0.3, 0.4) is 0 Å². The molecule has 1 amide bonds. The van der Waals surface area contributed by atoms with Gasteiger partial charge in [-0.1, -0.05) is 6.07 Å². The van der Waals surface area contributed by atoms with Crippen molar-refractivity contribution in [2.75, 3.05) is 5.32 Å². The van der Waals surface area contributed by atoms with Crippen LogP contribution in [0, 0.1) is 0 Å². The van der Waals surface area contributed by atoms with Crippen molar-refractivity contribution in [3.05, 3.63) is 51.3 Å². The van der Waals surface area contributed by atoms with Gasteiger partial charge < -0.3 is 9.73 Å². The third kappa shape index (κ3) is 2.36. The maximum Gasteiger partial charge on any atom is 0.291 e. The summed E-state index contributed by atoms with van der Waals surface area (Å²) in [6.07, 6.45) is 1.46. The molecule has 2 aromatic rings. The Balaban J connectivity index is 2.25. The number of furan rings is 1. The van der Waals surface area contributed by atoms with Crippen LogP contribution >= 0.6 is 31.9 Å². The van der Waals surface area contributed by atoms with E-state index >= 15 is 0 Å². The van der Waals surface area contributed by atoms with E-state index in [2.05, 4.69) is 37.2 Å². The lowest BCUT2D eigenvalue weighted by molar-refractivity contribution is 0.0996. The first kappa shape index (κ1) is 11.4. The molecule has 1 aromatic carbocycles. The van der Waals surface area contributed by atoms with Gasteiger partial charge in [-0.2, -0.15) is 0 Å². The van der Waals surface area contributed by atoms with Crippen LogP contribution in [0.25, 0.3) is 0 Å². The Hall–Kier alpha value is -1.07. The van der Waals surface area contributed by atoms with E-state index in [9.17, 15) is 4.79 Å². The standard InChI is InChI=1S/C11H7Br2NO2/c12-7-3-1-4-8(13)10(7)14-11(15)9-5-2-6-16-9/h1-6H,(H,14,15). The van der Waals surface area contributed by atoms with Crippen LogP contribution in [0.15, 0.2) is 50.0 Å². The second kappa shape index (κ2) is 4.84. The highest BCUT2D eigenvalue weighted by molar-refractivity contribution is 9.11. The van der Waals surface area contributed by atoms with Crippen LogP contribution in [0.1, 0.15) is 10.6 Å². The first-order chi connectivity index (χ1) is 7.68. The van der Waals surface area contributed by atoms with E-state index in [1.807, 2.05) is 18.2 Å². The van der Waals surface area contributed by atoms with Gasteiger partial charge in [0.15, 0.2) is 5.76 Å². The second-order valence-corrected chi connectivity index (χ2v) is 4.74. The molecule has 1 heterocycles. The lowest BCUT2D eigenvalue weighted by atomic mass is 10.3. The van der Waals surface area contributed by atoms with Gasteiger partial charge in [0, 0.05) is 8.95 Å². The molecule has 5 heteroatoms. The maximum atomic E-state index is 11.7. The molecule has 0 unspecified atom stereocenters. The van der Waals surface area contributed by atoms with Crippen LogP contribution in [-0.4, -0.2) is 5.91 Å². The summed E-state index contributed by atoms with van der Waals surface area (Å²) in [7, 11) is 0. The van der Waals surface area contributed by atoms with Crippen molar-refractivity contribution < 1.29 is 9.21 Å². The Morgan fingerprint density at radius 3 is 2.38 bits per heavy atom.